The molecule has 1 rings (SSSR count). The van der Waals surface area contributed by atoms with E-state index in [-0.39, 0.29) is 18.6 Å². The van der Waals surface area contributed by atoms with Gasteiger partial charge in [-0.25, -0.2) is 0 Å². The van der Waals surface area contributed by atoms with Crippen LogP contribution in [0.5, 0.6) is 5.75 Å². The summed E-state index contributed by atoms with van der Waals surface area (Å²) in [7, 11) is 0. The first-order valence-corrected chi connectivity index (χ1v) is 6.24. The molecule has 0 aliphatic heterocycles. The zero-order chi connectivity index (χ0) is 13.7. The Labute approximate surface area is 112 Å². The third kappa shape index (κ3) is 4.20. The first-order chi connectivity index (χ1) is 8.41. The van der Waals surface area contributed by atoms with Gasteiger partial charge in [0.1, 0.15) is 5.75 Å². The molecule has 0 fully saturated rings. The van der Waals surface area contributed by atoms with Crippen LogP contribution in [0.15, 0.2) is 18.2 Å². The fourth-order valence-corrected chi connectivity index (χ4v) is 1.76. The van der Waals surface area contributed by atoms with Gasteiger partial charge in [0, 0.05) is 6.04 Å². The lowest BCUT2D eigenvalue weighted by Gasteiger charge is -2.16. The van der Waals surface area contributed by atoms with Crippen LogP contribution in [0.25, 0.3) is 0 Å². The molecule has 0 saturated carbocycles. The standard InChI is InChI=1S/C13H19ClN2O2/c1-8(13(16)17)7-18-12-10(6-9(2)15)4-3-5-11(12)14/h3-5,8-9H,6-7,15H2,1-2H3,(H2,16,17). The molecule has 0 aromatic heterocycles. The molecule has 0 heterocycles. The summed E-state index contributed by atoms with van der Waals surface area (Å²) in [5.41, 5.74) is 11.9. The number of primary amides is 1. The van der Waals surface area contributed by atoms with Crippen molar-refractivity contribution in [3.63, 3.8) is 0 Å². The molecular weight excluding hydrogens is 252 g/mol. The van der Waals surface area contributed by atoms with Crippen LogP contribution >= 0.6 is 11.6 Å². The summed E-state index contributed by atoms with van der Waals surface area (Å²) in [6.07, 6.45) is 0.668. The van der Waals surface area contributed by atoms with E-state index in [1.165, 1.54) is 0 Å². The summed E-state index contributed by atoms with van der Waals surface area (Å²) < 4.78 is 5.60. The number of hydrogen-bond donors (Lipinski definition) is 2. The molecule has 1 aromatic carbocycles. The second-order valence-electron chi connectivity index (χ2n) is 4.52. The van der Waals surface area contributed by atoms with Crippen LogP contribution in [0, 0.1) is 5.92 Å². The van der Waals surface area contributed by atoms with Crippen molar-refractivity contribution in [3.05, 3.63) is 28.8 Å². The van der Waals surface area contributed by atoms with E-state index < -0.39 is 5.91 Å². The first-order valence-electron chi connectivity index (χ1n) is 5.87. The van der Waals surface area contributed by atoms with Gasteiger partial charge < -0.3 is 16.2 Å². The number of ether oxygens (including phenoxy) is 1. The SMILES string of the molecule is CC(N)Cc1cccc(Cl)c1OCC(C)C(N)=O. The molecule has 0 radical (unpaired) electrons. The number of para-hydroxylation sites is 1. The largest absolute Gasteiger partial charge is 0.491 e. The van der Waals surface area contributed by atoms with Gasteiger partial charge in [-0.15, -0.1) is 0 Å². The molecule has 18 heavy (non-hydrogen) atoms. The normalized spacial score (nSPS) is 14.0. The van der Waals surface area contributed by atoms with Crippen molar-refractivity contribution in [2.24, 2.45) is 17.4 Å². The minimum Gasteiger partial charge on any atom is -0.491 e. The van der Waals surface area contributed by atoms with Gasteiger partial charge in [-0.05, 0) is 25.0 Å². The van der Waals surface area contributed by atoms with E-state index in [1.807, 2.05) is 19.1 Å². The van der Waals surface area contributed by atoms with Gasteiger partial charge in [-0.1, -0.05) is 30.7 Å². The highest BCUT2D eigenvalue weighted by Gasteiger charge is 2.14. The minimum atomic E-state index is -0.393. The summed E-state index contributed by atoms with van der Waals surface area (Å²) in [5, 5.41) is 0.518. The van der Waals surface area contributed by atoms with Crippen LogP contribution in [0.3, 0.4) is 0 Å². The molecule has 1 aromatic rings. The topological polar surface area (TPSA) is 78.3 Å². The van der Waals surface area contributed by atoms with E-state index in [9.17, 15) is 4.79 Å². The molecule has 2 unspecified atom stereocenters. The third-order valence-corrected chi connectivity index (χ3v) is 2.85. The minimum absolute atomic E-state index is 0.0133. The highest BCUT2D eigenvalue weighted by Crippen LogP contribution is 2.29. The molecule has 0 saturated heterocycles. The van der Waals surface area contributed by atoms with Gasteiger partial charge in [0.25, 0.3) is 0 Å². The second kappa shape index (κ2) is 6.61. The Kier molecular flexibility index (Phi) is 5.44. The number of amides is 1. The molecule has 100 valence electrons. The molecule has 4 nitrogen and oxygen atoms in total. The predicted molar refractivity (Wildman–Crippen MR) is 72.7 cm³/mol. The van der Waals surface area contributed by atoms with Crippen LogP contribution in [-0.2, 0) is 11.2 Å². The van der Waals surface area contributed by atoms with E-state index in [0.29, 0.717) is 17.2 Å². The van der Waals surface area contributed by atoms with Crippen molar-refractivity contribution in [2.75, 3.05) is 6.61 Å². The lowest BCUT2D eigenvalue weighted by Crippen LogP contribution is -2.26. The van der Waals surface area contributed by atoms with Crippen LogP contribution < -0.4 is 16.2 Å². The number of carbonyl (C=O) groups excluding carboxylic acids is 1. The summed E-state index contributed by atoms with van der Waals surface area (Å²) in [6.45, 7) is 3.84. The maximum atomic E-state index is 11.0. The summed E-state index contributed by atoms with van der Waals surface area (Å²) in [5.74, 6) is -0.162. The first kappa shape index (κ1) is 14.8. The van der Waals surface area contributed by atoms with E-state index >= 15 is 0 Å². The van der Waals surface area contributed by atoms with E-state index in [2.05, 4.69) is 0 Å². The molecule has 0 aliphatic carbocycles. The molecule has 2 atom stereocenters. The van der Waals surface area contributed by atoms with Crippen molar-refractivity contribution in [2.45, 2.75) is 26.3 Å². The molecule has 0 aliphatic rings. The summed E-state index contributed by atoms with van der Waals surface area (Å²) in [6, 6.07) is 5.53. The molecular formula is C13H19ClN2O2. The Morgan fingerprint density at radius 2 is 2.11 bits per heavy atom. The van der Waals surface area contributed by atoms with Crippen molar-refractivity contribution in [1.82, 2.24) is 0 Å². The Hall–Kier alpha value is -1.26. The second-order valence-corrected chi connectivity index (χ2v) is 4.93. The van der Waals surface area contributed by atoms with Crippen LogP contribution in [0.4, 0.5) is 0 Å². The molecule has 5 heteroatoms. The van der Waals surface area contributed by atoms with Crippen molar-refractivity contribution < 1.29 is 9.53 Å². The maximum Gasteiger partial charge on any atom is 0.223 e. The smallest absolute Gasteiger partial charge is 0.223 e. The van der Waals surface area contributed by atoms with E-state index in [1.54, 1.807) is 13.0 Å². The fraction of sp³-hybridized carbons (Fsp3) is 0.462. The highest BCUT2D eigenvalue weighted by molar-refractivity contribution is 6.32. The Morgan fingerprint density at radius 3 is 2.67 bits per heavy atom. The quantitative estimate of drug-likeness (QED) is 0.826. The molecule has 4 N–H and O–H groups in total. The van der Waals surface area contributed by atoms with Gasteiger partial charge in [-0.2, -0.15) is 0 Å². The number of halogens is 1. The monoisotopic (exact) mass is 270 g/mol. The van der Waals surface area contributed by atoms with E-state index in [0.717, 1.165) is 5.56 Å². The fourth-order valence-electron chi connectivity index (χ4n) is 1.51. The van der Waals surface area contributed by atoms with Crippen molar-refractivity contribution in [3.8, 4) is 5.75 Å². The number of nitrogens with two attached hydrogens (primary N) is 2. The molecule has 1 amide bonds. The number of rotatable bonds is 6. The summed E-state index contributed by atoms with van der Waals surface area (Å²) in [4.78, 5) is 11.0. The zero-order valence-corrected chi connectivity index (χ0v) is 11.4. The lowest BCUT2D eigenvalue weighted by atomic mass is 10.1. The maximum absolute atomic E-state index is 11.0. The number of benzene rings is 1. The Balaban J connectivity index is 2.82. The van der Waals surface area contributed by atoms with Crippen molar-refractivity contribution in [1.29, 1.82) is 0 Å². The van der Waals surface area contributed by atoms with Gasteiger partial charge in [0.2, 0.25) is 5.91 Å². The number of hydrogen-bond acceptors (Lipinski definition) is 3. The van der Waals surface area contributed by atoms with Gasteiger partial charge in [-0.3, -0.25) is 4.79 Å². The highest BCUT2D eigenvalue weighted by atomic mass is 35.5. The van der Waals surface area contributed by atoms with Crippen molar-refractivity contribution >= 4 is 17.5 Å². The lowest BCUT2D eigenvalue weighted by molar-refractivity contribution is -0.122. The number of carbonyl (C=O) groups is 1. The zero-order valence-electron chi connectivity index (χ0n) is 10.7. The Morgan fingerprint density at radius 1 is 1.44 bits per heavy atom. The van der Waals surface area contributed by atoms with Crippen LogP contribution in [0.2, 0.25) is 5.02 Å². The third-order valence-electron chi connectivity index (χ3n) is 2.55. The van der Waals surface area contributed by atoms with Gasteiger partial charge >= 0.3 is 0 Å². The van der Waals surface area contributed by atoms with E-state index in [4.69, 9.17) is 27.8 Å². The molecule has 0 bridgehead atoms. The average molecular weight is 271 g/mol. The molecule has 0 spiro atoms. The van der Waals surface area contributed by atoms with Crippen LogP contribution in [0.1, 0.15) is 19.4 Å². The van der Waals surface area contributed by atoms with Gasteiger partial charge in [0.05, 0.1) is 17.5 Å². The predicted octanol–water partition coefficient (Wildman–Crippen LogP) is 1.73. The Bertz CT molecular complexity index is 421. The van der Waals surface area contributed by atoms with Crippen LogP contribution in [-0.4, -0.2) is 18.6 Å². The average Bonchev–Trinajstić information content (AvgIpc) is 2.27. The summed E-state index contributed by atoms with van der Waals surface area (Å²) >= 11 is 6.09. The van der Waals surface area contributed by atoms with Gasteiger partial charge in [0.15, 0.2) is 0 Å².